The number of nitriles is 1. The molecule has 180 valence electrons. The number of hydrogen-bond acceptors (Lipinski definition) is 8. The van der Waals surface area contributed by atoms with Gasteiger partial charge in [0.25, 0.3) is 5.69 Å². The lowest BCUT2D eigenvalue weighted by Gasteiger charge is -2.32. The van der Waals surface area contributed by atoms with Crippen molar-refractivity contribution in [3.8, 4) is 17.7 Å². The molecule has 4 rings (SSSR count). The lowest BCUT2D eigenvalue weighted by atomic mass is 10.0. The third kappa shape index (κ3) is 6.12. The molecule has 1 aromatic heterocycles. The van der Waals surface area contributed by atoms with E-state index >= 15 is 0 Å². The van der Waals surface area contributed by atoms with E-state index in [9.17, 15) is 10.1 Å². The summed E-state index contributed by atoms with van der Waals surface area (Å²) < 4.78 is 6.75. The Labute approximate surface area is 212 Å². The van der Waals surface area contributed by atoms with Gasteiger partial charge in [-0.15, -0.1) is 0 Å². The number of hydrogen-bond donors (Lipinski definition) is 1. The monoisotopic (exact) mass is 536 g/mol. The predicted molar refractivity (Wildman–Crippen MR) is 135 cm³/mol. The average molecular weight is 537 g/mol. The van der Waals surface area contributed by atoms with Crippen molar-refractivity contribution in [2.75, 3.05) is 18.4 Å². The van der Waals surface area contributed by atoms with Gasteiger partial charge in [0.15, 0.2) is 0 Å². The zero-order chi connectivity index (χ0) is 24.9. The molecule has 0 radical (unpaired) electrons. The van der Waals surface area contributed by atoms with E-state index in [2.05, 4.69) is 42.2 Å². The lowest BCUT2D eigenvalue weighted by molar-refractivity contribution is -0.384. The van der Waals surface area contributed by atoms with Crippen LogP contribution in [0.5, 0.6) is 11.6 Å². The van der Waals surface area contributed by atoms with Crippen LogP contribution in [0.2, 0.25) is 0 Å². The summed E-state index contributed by atoms with van der Waals surface area (Å²) in [4.78, 5) is 21.8. The summed E-state index contributed by atoms with van der Waals surface area (Å²) in [6.07, 6.45) is 3.52. The maximum atomic E-state index is 10.8. The summed E-state index contributed by atoms with van der Waals surface area (Å²) in [6, 6.07) is 12.7. The largest absolute Gasteiger partial charge is 0.437 e. The molecule has 0 unspecified atom stereocenters. The van der Waals surface area contributed by atoms with Crippen LogP contribution in [0.15, 0.2) is 47.1 Å². The number of piperidine rings is 1. The quantitative estimate of drug-likeness (QED) is 0.310. The normalized spacial score (nSPS) is 14.3. The van der Waals surface area contributed by atoms with Crippen LogP contribution in [0.25, 0.3) is 0 Å². The van der Waals surface area contributed by atoms with E-state index in [1.165, 1.54) is 0 Å². The van der Waals surface area contributed by atoms with Crippen LogP contribution in [0.3, 0.4) is 0 Å². The van der Waals surface area contributed by atoms with Gasteiger partial charge < -0.3 is 10.1 Å². The molecule has 1 saturated heterocycles. The molecule has 0 amide bonds. The summed E-state index contributed by atoms with van der Waals surface area (Å²) in [5.74, 6) is 1.59. The minimum Gasteiger partial charge on any atom is -0.437 e. The van der Waals surface area contributed by atoms with Gasteiger partial charge in [0.1, 0.15) is 5.75 Å². The number of nitro groups is 1. The van der Waals surface area contributed by atoms with Crippen molar-refractivity contribution in [2.24, 2.45) is 0 Å². The predicted octanol–water partition coefficient (Wildman–Crippen LogP) is 5.50. The molecule has 1 N–H and O–H groups in total. The van der Waals surface area contributed by atoms with Gasteiger partial charge in [0, 0.05) is 37.8 Å². The molecule has 0 atom stereocenters. The molecule has 0 aliphatic carbocycles. The molecule has 1 fully saturated rings. The molecule has 1 aliphatic rings. The molecule has 3 aromatic rings. The summed E-state index contributed by atoms with van der Waals surface area (Å²) >= 11 is 3.47. The number of non-ortho nitro benzene ring substituents is 1. The van der Waals surface area contributed by atoms with Gasteiger partial charge in [-0.3, -0.25) is 15.0 Å². The number of nitro benzene ring substituents is 1. The van der Waals surface area contributed by atoms with Crippen molar-refractivity contribution >= 4 is 27.6 Å². The van der Waals surface area contributed by atoms with E-state index in [1.807, 2.05) is 26.0 Å². The fourth-order valence-electron chi connectivity index (χ4n) is 4.16. The number of aromatic nitrogens is 2. The molecule has 35 heavy (non-hydrogen) atoms. The number of anilines is 1. The highest BCUT2D eigenvalue weighted by atomic mass is 79.9. The van der Waals surface area contributed by atoms with Crippen molar-refractivity contribution in [1.82, 2.24) is 14.9 Å². The Morgan fingerprint density at radius 2 is 1.89 bits per heavy atom. The Morgan fingerprint density at radius 3 is 2.49 bits per heavy atom. The van der Waals surface area contributed by atoms with E-state index < -0.39 is 0 Å². The fourth-order valence-corrected chi connectivity index (χ4v) is 4.44. The number of halogens is 1. The standard InChI is InChI=1S/C25H25BrN6O3/c1-16-11-19(13-27)12-17(2)23(16)35-24-22(26)14-28-25(30-24)29-20-7-9-31(10-8-20)15-18-3-5-21(6-4-18)32(33)34/h3-6,11-12,14,20H,7-10,15H2,1-2H3,(H,28,29,30). The van der Waals surface area contributed by atoms with Crippen molar-refractivity contribution in [2.45, 2.75) is 39.3 Å². The summed E-state index contributed by atoms with van der Waals surface area (Å²) in [5, 5.41) is 23.4. The smallest absolute Gasteiger partial charge is 0.269 e. The van der Waals surface area contributed by atoms with Crippen molar-refractivity contribution < 1.29 is 9.66 Å². The van der Waals surface area contributed by atoms with Gasteiger partial charge in [0.2, 0.25) is 11.8 Å². The molecule has 0 spiro atoms. The van der Waals surface area contributed by atoms with E-state index in [0.29, 0.717) is 27.6 Å². The van der Waals surface area contributed by atoms with Crippen LogP contribution in [-0.4, -0.2) is 38.9 Å². The summed E-state index contributed by atoms with van der Waals surface area (Å²) in [7, 11) is 0. The van der Waals surface area contributed by atoms with Crippen LogP contribution in [0.4, 0.5) is 11.6 Å². The van der Waals surface area contributed by atoms with Gasteiger partial charge >= 0.3 is 0 Å². The number of nitrogens with zero attached hydrogens (tertiary/aromatic N) is 5. The number of likely N-dealkylation sites (tertiary alicyclic amines) is 1. The highest BCUT2D eigenvalue weighted by Crippen LogP contribution is 2.33. The van der Waals surface area contributed by atoms with E-state index in [0.717, 1.165) is 49.2 Å². The lowest BCUT2D eigenvalue weighted by Crippen LogP contribution is -2.38. The number of nitrogens with one attached hydrogen (secondary N) is 1. The van der Waals surface area contributed by atoms with Gasteiger partial charge in [-0.1, -0.05) is 12.1 Å². The van der Waals surface area contributed by atoms with Crippen LogP contribution < -0.4 is 10.1 Å². The molecular formula is C25H25BrN6O3. The molecule has 0 saturated carbocycles. The van der Waals surface area contributed by atoms with E-state index in [4.69, 9.17) is 10.00 Å². The second-order valence-electron chi connectivity index (χ2n) is 8.62. The number of benzene rings is 2. The average Bonchev–Trinajstić information content (AvgIpc) is 2.84. The number of ether oxygens (including phenoxy) is 1. The Balaban J connectivity index is 1.36. The summed E-state index contributed by atoms with van der Waals surface area (Å²) in [6.45, 7) is 6.38. The first kappa shape index (κ1) is 24.6. The third-order valence-electron chi connectivity index (χ3n) is 5.97. The van der Waals surface area contributed by atoms with Gasteiger partial charge in [-0.25, -0.2) is 4.98 Å². The Kier molecular flexibility index (Phi) is 7.58. The maximum Gasteiger partial charge on any atom is 0.269 e. The molecule has 10 heteroatoms. The van der Waals surface area contributed by atoms with Crippen LogP contribution >= 0.6 is 15.9 Å². The van der Waals surface area contributed by atoms with E-state index in [-0.39, 0.29) is 16.7 Å². The zero-order valence-corrected chi connectivity index (χ0v) is 21.1. The highest BCUT2D eigenvalue weighted by Gasteiger charge is 2.21. The summed E-state index contributed by atoms with van der Waals surface area (Å²) in [5.41, 5.74) is 3.49. The Morgan fingerprint density at radius 1 is 1.23 bits per heavy atom. The zero-order valence-electron chi connectivity index (χ0n) is 19.5. The van der Waals surface area contributed by atoms with E-state index in [1.54, 1.807) is 30.5 Å². The van der Waals surface area contributed by atoms with Crippen LogP contribution in [0, 0.1) is 35.3 Å². The van der Waals surface area contributed by atoms with Crippen LogP contribution in [0.1, 0.15) is 35.1 Å². The minimum absolute atomic E-state index is 0.110. The second-order valence-corrected chi connectivity index (χ2v) is 9.47. The van der Waals surface area contributed by atoms with Crippen LogP contribution in [-0.2, 0) is 6.54 Å². The first-order chi connectivity index (χ1) is 16.8. The molecule has 1 aliphatic heterocycles. The third-order valence-corrected chi connectivity index (χ3v) is 6.52. The van der Waals surface area contributed by atoms with Crippen molar-refractivity contribution in [1.29, 1.82) is 5.26 Å². The molecule has 2 heterocycles. The number of aryl methyl sites for hydroxylation is 2. The maximum absolute atomic E-state index is 10.8. The van der Waals surface area contributed by atoms with Gasteiger partial charge in [-0.2, -0.15) is 10.2 Å². The molecule has 9 nitrogen and oxygen atoms in total. The number of rotatable bonds is 7. The topological polar surface area (TPSA) is 117 Å². The molecule has 2 aromatic carbocycles. The molecule has 0 bridgehead atoms. The molecular weight excluding hydrogens is 512 g/mol. The van der Waals surface area contributed by atoms with Crippen molar-refractivity contribution in [3.63, 3.8) is 0 Å². The Bertz CT molecular complexity index is 1240. The van der Waals surface area contributed by atoms with Crippen molar-refractivity contribution in [3.05, 3.63) is 79.4 Å². The highest BCUT2D eigenvalue weighted by molar-refractivity contribution is 9.10. The SMILES string of the molecule is Cc1cc(C#N)cc(C)c1Oc1nc(NC2CCN(Cc3ccc([N+](=O)[O-])cc3)CC2)ncc1Br. The fraction of sp³-hybridized carbons (Fsp3) is 0.320. The van der Waals surface area contributed by atoms with Gasteiger partial charge in [-0.05, 0) is 71.4 Å². The first-order valence-corrected chi connectivity index (χ1v) is 12.1. The minimum atomic E-state index is -0.381. The first-order valence-electron chi connectivity index (χ1n) is 11.3. The van der Waals surface area contributed by atoms with Gasteiger partial charge in [0.05, 0.1) is 27.2 Å². The Hall–Kier alpha value is -3.55. The second kappa shape index (κ2) is 10.8.